The second kappa shape index (κ2) is 6.86. The quantitative estimate of drug-likeness (QED) is 0.552. The Kier molecular flexibility index (Phi) is 4.45. The van der Waals surface area contributed by atoms with Crippen LogP contribution in [0, 0.1) is 0 Å². The van der Waals surface area contributed by atoms with E-state index in [0.717, 1.165) is 6.54 Å². The van der Waals surface area contributed by atoms with Crippen molar-refractivity contribution in [2.45, 2.75) is 13.5 Å². The highest BCUT2D eigenvalue weighted by molar-refractivity contribution is 5.74. The predicted octanol–water partition coefficient (Wildman–Crippen LogP) is 5.61. The van der Waals surface area contributed by atoms with Crippen molar-refractivity contribution in [3.8, 4) is 22.3 Å². The molecule has 3 aromatic rings. The van der Waals surface area contributed by atoms with E-state index in [1.165, 1.54) is 27.8 Å². The number of rotatable bonds is 4. The van der Waals surface area contributed by atoms with E-state index in [1.54, 1.807) is 0 Å². The molecule has 0 radical (unpaired) electrons. The van der Waals surface area contributed by atoms with Crippen LogP contribution in [-0.2, 0) is 6.54 Å². The van der Waals surface area contributed by atoms with Gasteiger partial charge in [-0.15, -0.1) is 0 Å². The molecule has 0 saturated heterocycles. The average molecular weight is 285 g/mol. The first kappa shape index (κ1) is 14.3. The van der Waals surface area contributed by atoms with Crippen LogP contribution in [0.15, 0.2) is 83.9 Å². The minimum absolute atomic E-state index is 0.719. The molecule has 0 bridgehead atoms. The maximum Gasteiger partial charge on any atom is 0.0636 e. The summed E-state index contributed by atoms with van der Waals surface area (Å²) in [6, 6.07) is 27.7. The van der Waals surface area contributed by atoms with Gasteiger partial charge in [-0.3, -0.25) is 4.99 Å². The second-order valence-electron chi connectivity index (χ2n) is 5.25. The zero-order chi connectivity index (χ0) is 15.2. The average Bonchev–Trinajstić information content (AvgIpc) is 2.61. The molecule has 1 heteroatoms. The Bertz CT molecular complexity index is 701. The molecule has 0 spiro atoms. The molecule has 1 nitrogen and oxygen atoms in total. The van der Waals surface area contributed by atoms with Gasteiger partial charge in [-0.2, -0.15) is 0 Å². The Labute approximate surface area is 132 Å². The molecule has 0 heterocycles. The van der Waals surface area contributed by atoms with Crippen LogP contribution in [-0.4, -0.2) is 6.21 Å². The van der Waals surface area contributed by atoms with Gasteiger partial charge in [0.15, 0.2) is 0 Å². The van der Waals surface area contributed by atoms with Crippen LogP contribution in [0.3, 0.4) is 0 Å². The Hall–Kier alpha value is -2.67. The van der Waals surface area contributed by atoms with Crippen LogP contribution in [0.25, 0.3) is 22.3 Å². The van der Waals surface area contributed by atoms with Gasteiger partial charge in [-0.25, -0.2) is 0 Å². The summed E-state index contributed by atoms with van der Waals surface area (Å²) in [5.74, 6) is 0. The Morgan fingerprint density at radius 3 is 1.64 bits per heavy atom. The molecule has 0 fully saturated rings. The molecule has 0 aromatic heterocycles. The molecule has 0 atom stereocenters. The summed E-state index contributed by atoms with van der Waals surface area (Å²) in [6.07, 6.45) is 1.86. The number of hydrogen-bond donors (Lipinski definition) is 0. The Balaban J connectivity index is 2.10. The third kappa shape index (κ3) is 3.32. The van der Waals surface area contributed by atoms with Gasteiger partial charge in [-0.1, -0.05) is 60.7 Å². The van der Waals surface area contributed by atoms with E-state index >= 15 is 0 Å². The summed E-state index contributed by atoms with van der Waals surface area (Å²) in [5, 5.41) is 0. The van der Waals surface area contributed by atoms with E-state index in [1.807, 2.05) is 25.3 Å². The van der Waals surface area contributed by atoms with Crippen LogP contribution in [0.2, 0.25) is 0 Å². The summed E-state index contributed by atoms with van der Waals surface area (Å²) >= 11 is 0. The molecule has 0 N–H and O–H groups in total. The monoisotopic (exact) mass is 285 g/mol. The molecule has 0 aliphatic rings. The summed E-state index contributed by atoms with van der Waals surface area (Å²) < 4.78 is 0. The molecule has 3 aromatic carbocycles. The Morgan fingerprint density at radius 1 is 0.682 bits per heavy atom. The highest BCUT2D eigenvalue weighted by Gasteiger charge is 2.05. The van der Waals surface area contributed by atoms with Crippen molar-refractivity contribution in [2.75, 3.05) is 0 Å². The minimum atomic E-state index is 0.719. The van der Waals surface area contributed by atoms with Gasteiger partial charge in [-0.05, 0) is 59.2 Å². The van der Waals surface area contributed by atoms with E-state index in [4.69, 9.17) is 0 Å². The van der Waals surface area contributed by atoms with Gasteiger partial charge in [0.25, 0.3) is 0 Å². The van der Waals surface area contributed by atoms with Crippen molar-refractivity contribution in [1.29, 1.82) is 0 Å². The number of benzene rings is 3. The number of hydrogen-bond acceptors (Lipinski definition) is 1. The van der Waals surface area contributed by atoms with E-state index in [-0.39, 0.29) is 0 Å². The molecule has 22 heavy (non-hydrogen) atoms. The van der Waals surface area contributed by atoms with Crippen LogP contribution >= 0.6 is 0 Å². The van der Waals surface area contributed by atoms with Gasteiger partial charge in [0.05, 0.1) is 6.54 Å². The fourth-order valence-electron chi connectivity index (χ4n) is 2.57. The molecule has 3 rings (SSSR count). The zero-order valence-electron chi connectivity index (χ0n) is 12.7. The summed E-state index contributed by atoms with van der Waals surface area (Å²) in [5.41, 5.74) is 6.19. The fraction of sp³-hybridized carbons (Fsp3) is 0.0952. The van der Waals surface area contributed by atoms with Crippen molar-refractivity contribution in [3.05, 3.63) is 84.4 Å². The van der Waals surface area contributed by atoms with Crippen molar-refractivity contribution < 1.29 is 0 Å². The first-order valence-electron chi connectivity index (χ1n) is 7.56. The van der Waals surface area contributed by atoms with Crippen LogP contribution in [0.4, 0.5) is 0 Å². The van der Waals surface area contributed by atoms with Crippen molar-refractivity contribution in [2.24, 2.45) is 4.99 Å². The third-order valence-electron chi connectivity index (χ3n) is 3.66. The van der Waals surface area contributed by atoms with E-state index < -0.39 is 0 Å². The van der Waals surface area contributed by atoms with Crippen LogP contribution < -0.4 is 0 Å². The topological polar surface area (TPSA) is 12.4 Å². The standard InChI is InChI=1S/C21H19N/c1-2-22-16-17-13-20(18-9-5-3-6-10-18)15-21(14-17)19-11-7-4-8-12-19/h2-15H,16H2,1H3. The summed E-state index contributed by atoms with van der Waals surface area (Å²) in [6.45, 7) is 2.68. The number of nitrogens with zero attached hydrogens (tertiary/aromatic N) is 1. The highest BCUT2D eigenvalue weighted by atomic mass is 14.7. The third-order valence-corrected chi connectivity index (χ3v) is 3.66. The number of aliphatic imine (C=N–C) groups is 1. The van der Waals surface area contributed by atoms with Gasteiger partial charge in [0.2, 0.25) is 0 Å². The maximum atomic E-state index is 4.39. The van der Waals surface area contributed by atoms with Crippen molar-refractivity contribution in [1.82, 2.24) is 0 Å². The second-order valence-corrected chi connectivity index (χ2v) is 5.25. The summed E-state index contributed by atoms with van der Waals surface area (Å²) in [4.78, 5) is 4.39. The molecule has 0 unspecified atom stereocenters. The van der Waals surface area contributed by atoms with Crippen LogP contribution in [0.5, 0.6) is 0 Å². The van der Waals surface area contributed by atoms with E-state index in [9.17, 15) is 0 Å². The van der Waals surface area contributed by atoms with Gasteiger partial charge < -0.3 is 0 Å². The largest absolute Gasteiger partial charge is 0.293 e. The summed E-state index contributed by atoms with van der Waals surface area (Å²) in [7, 11) is 0. The molecular weight excluding hydrogens is 266 g/mol. The predicted molar refractivity (Wildman–Crippen MR) is 95.2 cm³/mol. The van der Waals surface area contributed by atoms with Crippen molar-refractivity contribution in [3.63, 3.8) is 0 Å². The van der Waals surface area contributed by atoms with E-state index in [2.05, 4.69) is 71.7 Å². The molecule has 0 saturated carbocycles. The highest BCUT2D eigenvalue weighted by Crippen LogP contribution is 2.28. The lowest BCUT2D eigenvalue weighted by Gasteiger charge is -2.09. The molecule has 108 valence electrons. The normalized spacial score (nSPS) is 11.0. The minimum Gasteiger partial charge on any atom is -0.293 e. The van der Waals surface area contributed by atoms with Gasteiger partial charge in [0, 0.05) is 0 Å². The van der Waals surface area contributed by atoms with Crippen LogP contribution in [0.1, 0.15) is 12.5 Å². The maximum absolute atomic E-state index is 4.39. The first-order chi connectivity index (χ1) is 10.9. The zero-order valence-corrected chi connectivity index (χ0v) is 12.7. The lowest BCUT2D eigenvalue weighted by molar-refractivity contribution is 1.08. The van der Waals surface area contributed by atoms with E-state index in [0.29, 0.717) is 0 Å². The smallest absolute Gasteiger partial charge is 0.0636 e. The van der Waals surface area contributed by atoms with Gasteiger partial charge >= 0.3 is 0 Å². The first-order valence-corrected chi connectivity index (χ1v) is 7.56. The molecule has 0 aliphatic carbocycles. The Morgan fingerprint density at radius 2 is 1.18 bits per heavy atom. The molecular formula is C21H19N. The van der Waals surface area contributed by atoms with Gasteiger partial charge in [0.1, 0.15) is 0 Å². The SMILES string of the molecule is CC=NCc1cc(-c2ccccc2)cc(-c2ccccc2)c1. The lowest BCUT2D eigenvalue weighted by atomic mass is 9.96. The lowest BCUT2D eigenvalue weighted by Crippen LogP contribution is -1.88. The fourth-order valence-corrected chi connectivity index (χ4v) is 2.57. The molecule has 0 aliphatic heterocycles. The van der Waals surface area contributed by atoms with Crippen molar-refractivity contribution >= 4 is 6.21 Å². The molecule has 0 amide bonds.